The molecule has 3 rings (SSSR count). The molecule has 2 heterocycles. The van der Waals surface area contributed by atoms with E-state index >= 15 is 0 Å². The van der Waals surface area contributed by atoms with Crippen molar-refractivity contribution in [3.05, 3.63) is 52.0 Å². The first-order valence-corrected chi connectivity index (χ1v) is 8.32. The molecule has 102 valence electrons. The van der Waals surface area contributed by atoms with Crippen molar-refractivity contribution < 1.29 is 8.42 Å². The summed E-state index contributed by atoms with van der Waals surface area (Å²) < 4.78 is 27.3. The third kappa shape index (κ3) is 2.10. The molecule has 0 spiro atoms. The molecule has 0 aliphatic heterocycles. The van der Waals surface area contributed by atoms with Crippen LogP contribution < -0.4 is 0 Å². The zero-order chi connectivity index (χ0) is 14.3. The number of benzene rings is 1. The molecule has 20 heavy (non-hydrogen) atoms. The Morgan fingerprint density at radius 2 is 1.75 bits per heavy atom. The van der Waals surface area contributed by atoms with Gasteiger partial charge in [0.2, 0.25) is 0 Å². The molecule has 0 amide bonds. The molecule has 2 aromatic heterocycles. The van der Waals surface area contributed by atoms with E-state index in [2.05, 4.69) is 32.6 Å². The highest BCUT2D eigenvalue weighted by Gasteiger charge is 2.21. The van der Waals surface area contributed by atoms with Gasteiger partial charge in [0, 0.05) is 18.6 Å². The van der Waals surface area contributed by atoms with Gasteiger partial charge in [-0.25, -0.2) is 17.4 Å². The lowest BCUT2D eigenvalue weighted by Gasteiger charge is -2.06. The number of halogens is 1. The second kappa shape index (κ2) is 4.81. The van der Waals surface area contributed by atoms with Crippen LogP contribution in [0.3, 0.4) is 0 Å². The summed E-state index contributed by atoms with van der Waals surface area (Å²) in [7, 11) is -3.65. The smallest absolute Gasteiger partial charge is 0.250 e. The summed E-state index contributed by atoms with van der Waals surface area (Å²) >= 11 is 2.06. The molecule has 3 aromatic rings. The predicted molar refractivity (Wildman–Crippen MR) is 84.0 cm³/mol. The van der Waals surface area contributed by atoms with Crippen LogP contribution in [0.1, 0.15) is 5.56 Å². The highest BCUT2D eigenvalue weighted by Crippen LogP contribution is 2.24. The highest BCUT2D eigenvalue weighted by molar-refractivity contribution is 14.1. The van der Waals surface area contributed by atoms with Crippen LogP contribution in [0.25, 0.3) is 11.2 Å². The van der Waals surface area contributed by atoms with Crippen molar-refractivity contribution in [2.75, 3.05) is 0 Å². The van der Waals surface area contributed by atoms with Gasteiger partial charge in [0.1, 0.15) is 5.52 Å². The molecule has 1 aromatic carbocycles. The van der Waals surface area contributed by atoms with Crippen molar-refractivity contribution >= 4 is 43.8 Å². The molecule has 0 atom stereocenters. The van der Waals surface area contributed by atoms with E-state index in [9.17, 15) is 8.42 Å². The van der Waals surface area contributed by atoms with Crippen molar-refractivity contribution in [1.82, 2.24) is 13.9 Å². The molecule has 0 unspecified atom stereocenters. The average molecular weight is 399 g/mol. The van der Waals surface area contributed by atoms with E-state index in [0.29, 0.717) is 11.2 Å². The molecule has 0 bridgehead atoms. The molecule has 0 saturated heterocycles. The summed E-state index contributed by atoms with van der Waals surface area (Å²) in [6.45, 7) is 1.91. The molecule has 0 N–H and O–H groups in total. The number of aromatic nitrogens is 3. The Morgan fingerprint density at radius 1 is 1.10 bits per heavy atom. The molecule has 0 saturated carbocycles. The van der Waals surface area contributed by atoms with Crippen molar-refractivity contribution in [3.63, 3.8) is 0 Å². The minimum Gasteiger partial charge on any atom is -0.250 e. The van der Waals surface area contributed by atoms with E-state index in [0.717, 1.165) is 9.13 Å². The maximum absolute atomic E-state index is 12.7. The van der Waals surface area contributed by atoms with Crippen LogP contribution in [-0.4, -0.2) is 22.4 Å². The van der Waals surface area contributed by atoms with Gasteiger partial charge in [0.05, 0.1) is 8.47 Å². The van der Waals surface area contributed by atoms with Crippen molar-refractivity contribution in [3.8, 4) is 0 Å². The quantitative estimate of drug-likeness (QED) is 0.622. The van der Waals surface area contributed by atoms with Crippen molar-refractivity contribution in [1.29, 1.82) is 0 Å². The standard InChI is InChI=1S/C13H10IN3O2S/c1-9-2-4-10(5-3-9)20(18,19)17-8-11(14)12-13(17)16-7-6-15-12/h2-8H,1H3. The SMILES string of the molecule is Cc1ccc(S(=O)(=O)n2cc(I)c3nccnc32)cc1. The van der Waals surface area contributed by atoms with E-state index in [1.165, 1.54) is 10.2 Å². The van der Waals surface area contributed by atoms with E-state index in [1.807, 2.05) is 6.92 Å². The van der Waals surface area contributed by atoms with Crippen LogP contribution in [0.5, 0.6) is 0 Å². The number of aryl methyl sites for hydroxylation is 1. The molecule has 0 radical (unpaired) electrons. The fraction of sp³-hybridized carbons (Fsp3) is 0.0769. The zero-order valence-electron chi connectivity index (χ0n) is 10.5. The maximum Gasteiger partial charge on any atom is 0.269 e. The Morgan fingerprint density at radius 3 is 2.45 bits per heavy atom. The van der Waals surface area contributed by atoms with E-state index in [4.69, 9.17) is 0 Å². The van der Waals surface area contributed by atoms with Crippen LogP contribution in [0, 0.1) is 10.5 Å². The number of rotatable bonds is 2. The van der Waals surface area contributed by atoms with Gasteiger partial charge in [0.15, 0.2) is 5.65 Å². The summed E-state index contributed by atoms with van der Waals surface area (Å²) in [5.74, 6) is 0. The Balaban J connectivity index is 2.27. The summed E-state index contributed by atoms with van der Waals surface area (Å²) in [5.41, 5.74) is 1.94. The van der Waals surface area contributed by atoms with E-state index in [-0.39, 0.29) is 4.90 Å². The highest BCUT2D eigenvalue weighted by atomic mass is 127. The second-order valence-electron chi connectivity index (χ2n) is 4.32. The fourth-order valence-corrected chi connectivity index (χ4v) is 4.05. The molecular weight excluding hydrogens is 389 g/mol. The Kier molecular flexibility index (Phi) is 3.25. The number of nitrogens with zero attached hydrogens (tertiary/aromatic N) is 3. The lowest BCUT2D eigenvalue weighted by atomic mass is 10.2. The molecule has 7 heteroatoms. The van der Waals surface area contributed by atoms with E-state index in [1.54, 1.807) is 36.7 Å². The Hall–Kier alpha value is -1.48. The predicted octanol–water partition coefficient (Wildman–Crippen LogP) is 2.58. The summed E-state index contributed by atoms with van der Waals surface area (Å²) in [5, 5.41) is 0. The van der Waals surface area contributed by atoms with Gasteiger partial charge in [-0.1, -0.05) is 17.7 Å². The van der Waals surface area contributed by atoms with Gasteiger partial charge in [-0.2, -0.15) is 0 Å². The lowest BCUT2D eigenvalue weighted by molar-refractivity contribution is 0.588. The van der Waals surface area contributed by atoms with Crippen molar-refractivity contribution in [2.24, 2.45) is 0 Å². The van der Waals surface area contributed by atoms with Crippen LogP contribution in [0.2, 0.25) is 0 Å². The van der Waals surface area contributed by atoms with Crippen LogP contribution in [-0.2, 0) is 10.0 Å². The molecule has 5 nitrogen and oxygen atoms in total. The molecular formula is C13H10IN3O2S. The normalized spacial score (nSPS) is 11.9. The Bertz CT molecular complexity index is 886. The van der Waals surface area contributed by atoms with Crippen LogP contribution in [0.4, 0.5) is 0 Å². The summed E-state index contributed by atoms with van der Waals surface area (Å²) in [6, 6.07) is 6.74. The fourth-order valence-electron chi connectivity index (χ4n) is 1.89. The third-order valence-electron chi connectivity index (χ3n) is 2.92. The second-order valence-corrected chi connectivity index (χ2v) is 7.30. The van der Waals surface area contributed by atoms with Crippen molar-refractivity contribution in [2.45, 2.75) is 11.8 Å². The minimum atomic E-state index is -3.65. The summed E-state index contributed by atoms with van der Waals surface area (Å²) in [4.78, 5) is 8.53. The topological polar surface area (TPSA) is 64.8 Å². The average Bonchev–Trinajstić information content (AvgIpc) is 2.78. The van der Waals surface area contributed by atoms with E-state index < -0.39 is 10.0 Å². The monoisotopic (exact) mass is 399 g/mol. The maximum atomic E-state index is 12.7. The Labute approximate surface area is 129 Å². The van der Waals surface area contributed by atoms with Gasteiger partial charge >= 0.3 is 0 Å². The number of hydrogen-bond acceptors (Lipinski definition) is 4. The first-order chi connectivity index (χ1) is 9.50. The minimum absolute atomic E-state index is 0.238. The first-order valence-electron chi connectivity index (χ1n) is 5.80. The largest absolute Gasteiger partial charge is 0.269 e. The molecule has 0 fully saturated rings. The van der Waals surface area contributed by atoms with Gasteiger partial charge < -0.3 is 0 Å². The van der Waals surface area contributed by atoms with Crippen LogP contribution >= 0.6 is 22.6 Å². The molecule has 0 aliphatic rings. The van der Waals surface area contributed by atoms with Gasteiger partial charge in [0.25, 0.3) is 10.0 Å². The zero-order valence-corrected chi connectivity index (χ0v) is 13.5. The van der Waals surface area contributed by atoms with Gasteiger partial charge in [-0.3, -0.25) is 4.98 Å². The third-order valence-corrected chi connectivity index (χ3v) is 5.38. The van der Waals surface area contributed by atoms with Gasteiger partial charge in [-0.05, 0) is 41.6 Å². The lowest BCUT2D eigenvalue weighted by Crippen LogP contribution is -2.12. The summed E-state index contributed by atoms with van der Waals surface area (Å²) in [6.07, 6.45) is 4.58. The number of fused-ring (bicyclic) bond motifs is 1. The number of hydrogen-bond donors (Lipinski definition) is 0. The first kappa shape index (κ1) is 13.5. The van der Waals surface area contributed by atoms with Gasteiger partial charge in [-0.15, -0.1) is 0 Å². The molecule has 0 aliphatic carbocycles. The van der Waals surface area contributed by atoms with Crippen LogP contribution in [0.15, 0.2) is 47.8 Å².